The van der Waals surface area contributed by atoms with Crippen LogP contribution in [-0.2, 0) is 6.42 Å². The molecule has 1 aromatic heterocycles. The van der Waals surface area contributed by atoms with Gasteiger partial charge in [-0.15, -0.1) is 0 Å². The van der Waals surface area contributed by atoms with Crippen molar-refractivity contribution < 1.29 is 0 Å². The third-order valence-corrected chi connectivity index (χ3v) is 5.11. The van der Waals surface area contributed by atoms with Crippen molar-refractivity contribution in [1.82, 2.24) is 9.97 Å². The second-order valence-corrected chi connectivity index (χ2v) is 6.60. The highest BCUT2D eigenvalue weighted by molar-refractivity contribution is 9.10. The van der Waals surface area contributed by atoms with Crippen molar-refractivity contribution in [1.29, 1.82) is 0 Å². The highest BCUT2D eigenvalue weighted by Gasteiger charge is 2.23. The van der Waals surface area contributed by atoms with E-state index in [4.69, 9.17) is 10.7 Å². The van der Waals surface area contributed by atoms with Crippen LogP contribution in [0.5, 0.6) is 0 Å². The van der Waals surface area contributed by atoms with E-state index in [0.717, 1.165) is 22.4 Å². The molecule has 0 atom stereocenters. The molecule has 0 saturated heterocycles. The van der Waals surface area contributed by atoms with Crippen LogP contribution in [0.4, 0.5) is 5.82 Å². The number of aryl methyl sites for hydroxylation is 1. The minimum absolute atomic E-state index is 0.528. The van der Waals surface area contributed by atoms with E-state index in [0.29, 0.717) is 11.7 Å². The summed E-state index contributed by atoms with van der Waals surface area (Å²) >= 11 is 3.57. The zero-order valence-electron chi connectivity index (χ0n) is 12.3. The number of nitrogens with two attached hydrogens (primary N) is 1. The van der Waals surface area contributed by atoms with Crippen molar-refractivity contribution in [2.45, 2.75) is 44.9 Å². The lowest BCUT2D eigenvalue weighted by atomic mass is 10.0. The first-order chi connectivity index (χ1) is 10.1. The lowest BCUT2D eigenvalue weighted by molar-refractivity contribution is 0.682. The normalized spacial score (nSPS) is 15.5. The molecule has 0 amide bonds. The molecule has 1 fully saturated rings. The van der Waals surface area contributed by atoms with E-state index in [1.807, 2.05) is 0 Å². The van der Waals surface area contributed by atoms with Gasteiger partial charge in [-0.05, 0) is 46.8 Å². The number of nitrogens with zero attached hydrogens (tertiary/aromatic N) is 2. The molecule has 1 saturated carbocycles. The van der Waals surface area contributed by atoms with Gasteiger partial charge in [0.1, 0.15) is 11.6 Å². The summed E-state index contributed by atoms with van der Waals surface area (Å²) in [6.07, 6.45) is 5.73. The second kappa shape index (κ2) is 6.14. The zero-order valence-corrected chi connectivity index (χ0v) is 13.9. The van der Waals surface area contributed by atoms with Crippen molar-refractivity contribution in [3.63, 3.8) is 0 Å². The number of hydrogen-bond acceptors (Lipinski definition) is 3. The predicted octanol–water partition coefficient (Wildman–Crippen LogP) is 4.38. The molecule has 1 aliphatic rings. The predicted molar refractivity (Wildman–Crippen MR) is 89.3 cm³/mol. The van der Waals surface area contributed by atoms with Crippen molar-refractivity contribution in [2.75, 3.05) is 5.73 Å². The SMILES string of the molecule is Cc1ccccc1Cc1nc(N)c(Br)c(C2CCCC2)n1. The first-order valence-corrected chi connectivity index (χ1v) is 8.30. The van der Waals surface area contributed by atoms with E-state index >= 15 is 0 Å². The average Bonchev–Trinajstić information content (AvgIpc) is 2.99. The minimum atomic E-state index is 0.528. The van der Waals surface area contributed by atoms with E-state index in [1.165, 1.54) is 36.8 Å². The maximum atomic E-state index is 6.08. The van der Waals surface area contributed by atoms with Crippen molar-refractivity contribution in [3.05, 3.63) is 51.4 Å². The fourth-order valence-corrected chi connectivity index (χ4v) is 3.56. The Morgan fingerprint density at radius 1 is 1.19 bits per heavy atom. The maximum absolute atomic E-state index is 6.08. The van der Waals surface area contributed by atoms with Crippen LogP contribution in [0.15, 0.2) is 28.7 Å². The van der Waals surface area contributed by atoms with Gasteiger partial charge < -0.3 is 5.73 Å². The second-order valence-electron chi connectivity index (χ2n) is 5.81. The lowest BCUT2D eigenvalue weighted by Crippen LogP contribution is -2.09. The van der Waals surface area contributed by atoms with Gasteiger partial charge in [0.25, 0.3) is 0 Å². The molecule has 0 aliphatic heterocycles. The quantitative estimate of drug-likeness (QED) is 0.897. The van der Waals surface area contributed by atoms with Gasteiger partial charge in [-0.25, -0.2) is 9.97 Å². The van der Waals surface area contributed by atoms with E-state index < -0.39 is 0 Å². The fraction of sp³-hybridized carbons (Fsp3) is 0.412. The van der Waals surface area contributed by atoms with Gasteiger partial charge in [0, 0.05) is 12.3 Å². The van der Waals surface area contributed by atoms with Gasteiger partial charge in [0.05, 0.1) is 10.2 Å². The van der Waals surface area contributed by atoms with Gasteiger partial charge in [-0.2, -0.15) is 0 Å². The molecular weight excluding hydrogens is 326 g/mol. The number of anilines is 1. The summed E-state index contributed by atoms with van der Waals surface area (Å²) < 4.78 is 0.892. The Bertz CT molecular complexity index is 648. The van der Waals surface area contributed by atoms with Crippen LogP contribution in [0.3, 0.4) is 0 Å². The Morgan fingerprint density at radius 3 is 2.62 bits per heavy atom. The van der Waals surface area contributed by atoms with Crippen LogP contribution >= 0.6 is 15.9 Å². The Kier molecular flexibility index (Phi) is 4.24. The number of aromatic nitrogens is 2. The number of hydrogen-bond donors (Lipinski definition) is 1. The largest absolute Gasteiger partial charge is 0.383 e. The molecule has 1 aromatic carbocycles. The highest BCUT2D eigenvalue weighted by Crippen LogP contribution is 2.38. The highest BCUT2D eigenvalue weighted by atomic mass is 79.9. The van der Waals surface area contributed by atoms with Crippen LogP contribution < -0.4 is 5.73 Å². The Balaban J connectivity index is 1.94. The maximum Gasteiger partial charge on any atom is 0.141 e. The molecular formula is C17H20BrN3. The smallest absolute Gasteiger partial charge is 0.141 e. The van der Waals surface area contributed by atoms with Gasteiger partial charge in [0.15, 0.2) is 0 Å². The Labute approximate surface area is 134 Å². The van der Waals surface area contributed by atoms with Crippen LogP contribution in [-0.4, -0.2) is 9.97 Å². The minimum Gasteiger partial charge on any atom is -0.383 e. The molecule has 0 bridgehead atoms. The fourth-order valence-electron chi connectivity index (χ4n) is 3.06. The summed E-state index contributed by atoms with van der Waals surface area (Å²) in [6, 6.07) is 8.36. The van der Waals surface area contributed by atoms with E-state index in [-0.39, 0.29) is 0 Å². The number of halogens is 1. The summed E-state index contributed by atoms with van der Waals surface area (Å²) in [5, 5.41) is 0. The molecule has 0 radical (unpaired) electrons. The molecule has 1 aliphatic carbocycles. The molecule has 4 heteroatoms. The van der Waals surface area contributed by atoms with E-state index in [1.54, 1.807) is 0 Å². The lowest BCUT2D eigenvalue weighted by Gasteiger charge is -2.14. The summed E-state index contributed by atoms with van der Waals surface area (Å²) in [7, 11) is 0. The number of rotatable bonds is 3. The Hall–Kier alpha value is -1.42. The number of nitrogen functional groups attached to an aromatic ring is 1. The molecule has 2 aromatic rings. The van der Waals surface area contributed by atoms with Crippen molar-refractivity contribution >= 4 is 21.7 Å². The van der Waals surface area contributed by atoms with E-state index in [9.17, 15) is 0 Å². The molecule has 0 spiro atoms. The molecule has 21 heavy (non-hydrogen) atoms. The Morgan fingerprint density at radius 2 is 1.90 bits per heavy atom. The van der Waals surface area contributed by atoms with Crippen LogP contribution in [0.2, 0.25) is 0 Å². The van der Waals surface area contributed by atoms with Crippen LogP contribution in [0.25, 0.3) is 0 Å². The van der Waals surface area contributed by atoms with Gasteiger partial charge in [-0.3, -0.25) is 0 Å². The van der Waals surface area contributed by atoms with Crippen molar-refractivity contribution in [3.8, 4) is 0 Å². The molecule has 1 heterocycles. The van der Waals surface area contributed by atoms with Gasteiger partial charge in [-0.1, -0.05) is 37.1 Å². The zero-order chi connectivity index (χ0) is 14.8. The first kappa shape index (κ1) is 14.5. The monoisotopic (exact) mass is 345 g/mol. The van der Waals surface area contributed by atoms with Gasteiger partial charge >= 0.3 is 0 Å². The molecule has 0 unspecified atom stereocenters. The summed E-state index contributed by atoms with van der Waals surface area (Å²) in [6.45, 7) is 2.12. The van der Waals surface area contributed by atoms with Crippen molar-refractivity contribution in [2.24, 2.45) is 0 Å². The summed E-state index contributed by atoms with van der Waals surface area (Å²) in [5.74, 6) is 1.92. The molecule has 110 valence electrons. The first-order valence-electron chi connectivity index (χ1n) is 7.51. The topological polar surface area (TPSA) is 51.8 Å². The molecule has 3 nitrogen and oxygen atoms in total. The average molecular weight is 346 g/mol. The summed E-state index contributed by atoms with van der Waals surface area (Å²) in [4.78, 5) is 9.27. The number of benzene rings is 1. The van der Waals surface area contributed by atoms with Crippen LogP contribution in [0.1, 0.15) is 54.2 Å². The third kappa shape index (κ3) is 3.10. The van der Waals surface area contributed by atoms with Gasteiger partial charge in [0.2, 0.25) is 0 Å². The molecule has 3 rings (SSSR count). The molecule has 2 N–H and O–H groups in total. The standard InChI is InChI=1S/C17H20BrN3/c1-11-6-2-3-9-13(11)10-14-20-16(12-7-4-5-8-12)15(18)17(19)21-14/h2-3,6,9,12H,4-5,7-8,10H2,1H3,(H2,19,20,21). The van der Waals surface area contributed by atoms with Crippen LogP contribution in [0, 0.1) is 6.92 Å². The summed E-state index contributed by atoms with van der Waals surface area (Å²) in [5.41, 5.74) is 9.71. The third-order valence-electron chi connectivity index (χ3n) is 4.30. The van der Waals surface area contributed by atoms with E-state index in [2.05, 4.69) is 52.1 Å².